The first-order valence-corrected chi connectivity index (χ1v) is 12.2. The smallest absolute Gasteiger partial charge is 0.244 e. The highest BCUT2D eigenvalue weighted by atomic mass is 32.2. The Morgan fingerprint density at radius 1 is 1.10 bits per heavy atom. The van der Waals surface area contributed by atoms with E-state index >= 15 is 0 Å². The van der Waals surface area contributed by atoms with Crippen molar-refractivity contribution in [2.75, 3.05) is 19.6 Å². The number of aromatic nitrogens is 1. The molecule has 7 heteroatoms. The highest BCUT2D eigenvalue weighted by Gasteiger charge is 2.53. The first-order valence-electron chi connectivity index (χ1n) is 10.7. The molecule has 2 heterocycles. The monoisotopic (exact) mass is 427 g/mol. The van der Waals surface area contributed by atoms with E-state index in [1.54, 1.807) is 18.3 Å². The Morgan fingerprint density at radius 2 is 1.87 bits per heavy atom. The number of pyridine rings is 1. The fourth-order valence-electron chi connectivity index (χ4n) is 4.98. The largest absolute Gasteiger partial charge is 0.355 e. The van der Waals surface area contributed by atoms with Crippen LogP contribution in [-0.4, -0.2) is 43.2 Å². The number of hydrogen-bond donors (Lipinski definition) is 1. The van der Waals surface area contributed by atoms with Crippen molar-refractivity contribution in [2.24, 2.45) is 11.3 Å². The first-order chi connectivity index (χ1) is 14.5. The summed E-state index contributed by atoms with van der Waals surface area (Å²) in [5, 5.41) is 3.08. The van der Waals surface area contributed by atoms with Crippen molar-refractivity contribution in [2.45, 2.75) is 43.4 Å². The van der Waals surface area contributed by atoms with E-state index in [0.29, 0.717) is 13.1 Å². The van der Waals surface area contributed by atoms with E-state index in [0.717, 1.165) is 38.5 Å². The number of sulfonamides is 1. The molecule has 6 nitrogen and oxygen atoms in total. The molecule has 0 unspecified atom stereocenters. The van der Waals surface area contributed by atoms with Crippen molar-refractivity contribution in [1.82, 2.24) is 14.6 Å². The molecule has 1 aliphatic heterocycles. The van der Waals surface area contributed by atoms with Crippen LogP contribution >= 0.6 is 0 Å². The number of carbonyl (C=O) groups excluding carboxylic acids is 1. The minimum absolute atomic E-state index is 0.0169. The van der Waals surface area contributed by atoms with Crippen molar-refractivity contribution in [3.63, 3.8) is 0 Å². The molecule has 30 heavy (non-hydrogen) atoms. The van der Waals surface area contributed by atoms with Gasteiger partial charge in [-0.3, -0.25) is 9.78 Å². The van der Waals surface area contributed by atoms with Gasteiger partial charge in [0.1, 0.15) is 4.90 Å². The third-order valence-electron chi connectivity index (χ3n) is 6.61. The standard InChI is InChI=1S/C23H29N3O3S/c27-22(25-15-11-19-8-3-1-4-9-19)21-17-26(18-23(21)12-5-2-6-13-23)30(28,29)20-10-7-14-24-16-20/h1,3-4,7-10,14,16,21H,2,5-6,11-13,15,17-18H2,(H,25,27)/t21-/m1/s1. The van der Waals surface area contributed by atoms with Gasteiger partial charge in [-0.1, -0.05) is 49.6 Å². The van der Waals surface area contributed by atoms with Crippen molar-refractivity contribution in [3.8, 4) is 0 Å². The number of nitrogens with one attached hydrogen (secondary N) is 1. The maximum atomic E-state index is 13.2. The predicted molar refractivity (Wildman–Crippen MR) is 115 cm³/mol. The maximum Gasteiger partial charge on any atom is 0.244 e. The molecule has 1 saturated heterocycles. The Labute approximate surface area is 178 Å². The molecule has 1 aromatic heterocycles. The van der Waals surface area contributed by atoms with Crippen LogP contribution in [0, 0.1) is 11.3 Å². The van der Waals surface area contributed by atoms with Gasteiger partial charge in [0.2, 0.25) is 15.9 Å². The summed E-state index contributed by atoms with van der Waals surface area (Å²) < 4.78 is 27.9. The van der Waals surface area contributed by atoms with Crippen LogP contribution in [0.3, 0.4) is 0 Å². The average molecular weight is 428 g/mol. The summed E-state index contributed by atoms with van der Waals surface area (Å²) in [5.41, 5.74) is 0.919. The van der Waals surface area contributed by atoms with Gasteiger partial charge >= 0.3 is 0 Å². The third kappa shape index (κ3) is 4.27. The van der Waals surface area contributed by atoms with E-state index < -0.39 is 10.0 Å². The molecule has 2 aliphatic rings. The fraction of sp³-hybridized carbons (Fsp3) is 0.478. The second kappa shape index (κ2) is 8.86. The van der Waals surface area contributed by atoms with Gasteiger partial charge in [0.05, 0.1) is 5.92 Å². The lowest BCUT2D eigenvalue weighted by atomic mass is 9.67. The molecule has 4 rings (SSSR count). The van der Waals surface area contributed by atoms with Gasteiger partial charge in [-0.2, -0.15) is 4.31 Å². The van der Waals surface area contributed by atoms with Crippen LogP contribution in [0.4, 0.5) is 0 Å². The van der Waals surface area contributed by atoms with E-state index in [1.807, 2.05) is 30.3 Å². The summed E-state index contributed by atoms with van der Waals surface area (Å²) in [7, 11) is -3.65. The highest BCUT2D eigenvalue weighted by molar-refractivity contribution is 7.89. The molecule has 0 bridgehead atoms. The van der Waals surface area contributed by atoms with Crippen molar-refractivity contribution < 1.29 is 13.2 Å². The van der Waals surface area contributed by atoms with Gasteiger partial charge in [0.25, 0.3) is 0 Å². The molecule has 2 fully saturated rings. The van der Waals surface area contributed by atoms with Gasteiger partial charge in [0.15, 0.2) is 0 Å². The SMILES string of the molecule is O=C(NCCc1ccccc1)[C@H]1CN(S(=O)(=O)c2cccnc2)CC12CCCCC2. The minimum Gasteiger partial charge on any atom is -0.355 e. The Hall–Kier alpha value is -2.25. The fourth-order valence-corrected chi connectivity index (χ4v) is 6.49. The van der Waals surface area contributed by atoms with Crippen LogP contribution in [0.5, 0.6) is 0 Å². The number of hydrogen-bond acceptors (Lipinski definition) is 4. The lowest BCUT2D eigenvalue weighted by Crippen LogP contribution is -2.43. The van der Waals surface area contributed by atoms with Crippen molar-refractivity contribution in [3.05, 3.63) is 60.4 Å². The van der Waals surface area contributed by atoms with E-state index in [2.05, 4.69) is 10.3 Å². The van der Waals surface area contributed by atoms with Crippen LogP contribution in [0.1, 0.15) is 37.7 Å². The zero-order valence-electron chi connectivity index (χ0n) is 17.2. The summed E-state index contributed by atoms with van der Waals surface area (Å²) in [6, 6.07) is 13.3. The second-order valence-electron chi connectivity index (χ2n) is 8.49. The van der Waals surface area contributed by atoms with E-state index in [4.69, 9.17) is 0 Å². The minimum atomic E-state index is -3.65. The van der Waals surface area contributed by atoms with Gasteiger partial charge in [-0.05, 0) is 42.4 Å². The molecule has 1 amide bonds. The molecule has 1 saturated carbocycles. The van der Waals surface area contributed by atoms with Crippen LogP contribution < -0.4 is 5.32 Å². The Balaban J connectivity index is 1.49. The van der Waals surface area contributed by atoms with Crippen LogP contribution in [0.25, 0.3) is 0 Å². The first kappa shape index (κ1) is 21.0. The number of nitrogens with zero attached hydrogens (tertiary/aromatic N) is 2. The number of benzene rings is 1. The normalized spacial score (nSPS) is 21.5. The van der Waals surface area contributed by atoms with Gasteiger partial charge in [0, 0.05) is 32.0 Å². The predicted octanol–water partition coefficient (Wildman–Crippen LogP) is 3.01. The molecule has 0 radical (unpaired) electrons. The van der Waals surface area contributed by atoms with E-state index in [1.165, 1.54) is 16.1 Å². The maximum absolute atomic E-state index is 13.2. The average Bonchev–Trinajstić information content (AvgIpc) is 3.15. The molecule has 1 spiro atoms. The topological polar surface area (TPSA) is 79.4 Å². The summed E-state index contributed by atoms with van der Waals surface area (Å²) in [5.74, 6) is -0.322. The highest BCUT2D eigenvalue weighted by Crippen LogP contribution is 2.48. The van der Waals surface area contributed by atoms with Crippen LogP contribution in [0.2, 0.25) is 0 Å². The molecule has 1 aromatic carbocycles. The number of amides is 1. The zero-order chi connectivity index (χ0) is 21.0. The molecule has 1 aliphatic carbocycles. The third-order valence-corrected chi connectivity index (χ3v) is 8.41. The van der Waals surface area contributed by atoms with E-state index in [-0.39, 0.29) is 28.7 Å². The Morgan fingerprint density at radius 3 is 2.57 bits per heavy atom. The zero-order valence-corrected chi connectivity index (χ0v) is 18.0. The summed E-state index contributed by atoms with van der Waals surface area (Å²) in [4.78, 5) is 17.3. The van der Waals surface area contributed by atoms with Gasteiger partial charge in [-0.25, -0.2) is 8.42 Å². The molecule has 1 atom stereocenters. The second-order valence-corrected chi connectivity index (χ2v) is 10.4. The van der Waals surface area contributed by atoms with Gasteiger partial charge < -0.3 is 5.32 Å². The van der Waals surface area contributed by atoms with E-state index in [9.17, 15) is 13.2 Å². The number of rotatable bonds is 6. The summed E-state index contributed by atoms with van der Waals surface area (Å²) >= 11 is 0. The van der Waals surface area contributed by atoms with Crippen LogP contribution in [0.15, 0.2) is 59.8 Å². The molecular formula is C23H29N3O3S. The Bertz CT molecular complexity index is 958. The van der Waals surface area contributed by atoms with Gasteiger partial charge in [-0.15, -0.1) is 0 Å². The summed E-state index contributed by atoms with van der Waals surface area (Å²) in [6.45, 7) is 1.22. The van der Waals surface area contributed by atoms with Crippen LogP contribution in [-0.2, 0) is 21.2 Å². The quantitative estimate of drug-likeness (QED) is 0.769. The molecule has 2 aromatic rings. The molecule has 160 valence electrons. The van der Waals surface area contributed by atoms with Crippen molar-refractivity contribution >= 4 is 15.9 Å². The Kier molecular flexibility index (Phi) is 6.20. The molecular weight excluding hydrogens is 398 g/mol. The molecule has 1 N–H and O–H groups in total. The summed E-state index contributed by atoms with van der Waals surface area (Å²) in [6.07, 6.45) is 8.78. The lowest BCUT2D eigenvalue weighted by molar-refractivity contribution is -0.128. The lowest BCUT2D eigenvalue weighted by Gasteiger charge is -2.37. The number of carbonyl (C=O) groups is 1. The van der Waals surface area contributed by atoms with Crippen molar-refractivity contribution in [1.29, 1.82) is 0 Å².